The molecule has 0 saturated heterocycles. The summed E-state index contributed by atoms with van der Waals surface area (Å²) in [5.41, 5.74) is 1.70. The summed E-state index contributed by atoms with van der Waals surface area (Å²) in [6.07, 6.45) is 0. The van der Waals surface area contributed by atoms with E-state index in [2.05, 4.69) is 15.6 Å². The van der Waals surface area contributed by atoms with Gasteiger partial charge in [-0.15, -0.1) is 24.0 Å². The van der Waals surface area contributed by atoms with Crippen molar-refractivity contribution >= 4 is 45.6 Å². The van der Waals surface area contributed by atoms with Crippen molar-refractivity contribution in [1.82, 2.24) is 9.62 Å². The summed E-state index contributed by atoms with van der Waals surface area (Å²) in [4.78, 5) is 4.82. The van der Waals surface area contributed by atoms with Crippen molar-refractivity contribution in [1.29, 1.82) is 0 Å². The van der Waals surface area contributed by atoms with Crippen LogP contribution < -0.4 is 20.1 Å². The summed E-state index contributed by atoms with van der Waals surface area (Å²) < 4.78 is 36.1. The van der Waals surface area contributed by atoms with Gasteiger partial charge in [0.15, 0.2) is 17.5 Å². The predicted molar refractivity (Wildman–Crippen MR) is 131 cm³/mol. The topological polar surface area (TPSA) is 92.3 Å². The lowest BCUT2D eigenvalue weighted by molar-refractivity contribution is 0.355. The summed E-state index contributed by atoms with van der Waals surface area (Å²) in [5, 5.41) is 6.41. The van der Waals surface area contributed by atoms with Crippen LogP contribution in [0.1, 0.15) is 12.5 Å². The molecule has 2 N–H and O–H groups in total. The van der Waals surface area contributed by atoms with Gasteiger partial charge in [0, 0.05) is 32.4 Å². The Morgan fingerprint density at radius 2 is 1.67 bits per heavy atom. The molecule has 0 aromatic heterocycles. The average Bonchev–Trinajstić information content (AvgIpc) is 2.72. The highest BCUT2D eigenvalue weighted by atomic mass is 127. The number of sulfonamides is 1. The third kappa shape index (κ3) is 6.74. The average molecular weight is 548 g/mol. The van der Waals surface area contributed by atoms with Crippen molar-refractivity contribution in [2.24, 2.45) is 4.99 Å². The molecule has 0 bridgehead atoms. The van der Waals surface area contributed by atoms with Crippen molar-refractivity contribution < 1.29 is 17.9 Å². The molecule has 30 heavy (non-hydrogen) atoms. The molecule has 2 aromatic rings. The molecule has 0 aliphatic rings. The van der Waals surface area contributed by atoms with Crippen LogP contribution in [0.3, 0.4) is 0 Å². The summed E-state index contributed by atoms with van der Waals surface area (Å²) in [6, 6.07) is 12.2. The molecule has 0 saturated carbocycles. The van der Waals surface area contributed by atoms with Crippen molar-refractivity contribution in [3.8, 4) is 11.5 Å². The number of aliphatic imine (C=N–C) groups is 1. The predicted octanol–water partition coefficient (Wildman–Crippen LogP) is 3.15. The van der Waals surface area contributed by atoms with Gasteiger partial charge in [-0.25, -0.2) is 17.7 Å². The van der Waals surface area contributed by atoms with E-state index < -0.39 is 10.0 Å². The van der Waals surface area contributed by atoms with Gasteiger partial charge in [0.1, 0.15) is 0 Å². The fourth-order valence-corrected chi connectivity index (χ4v) is 3.41. The zero-order chi connectivity index (χ0) is 21.4. The Balaban J connectivity index is 0.00000450. The Bertz CT molecular complexity index is 948. The molecule has 10 heteroatoms. The number of guanidine groups is 1. The Kier molecular flexibility index (Phi) is 10.4. The number of benzene rings is 2. The second-order valence-corrected chi connectivity index (χ2v) is 8.47. The fraction of sp³-hybridized carbons (Fsp3) is 0.350. The molecule has 0 fully saturated rings. The number of anilines is 1. The molecule has 8 nitrogen and oxygen atoms in total. The number of nitrogens with zero attached hydrogens (tertiary/aromatic N) is 2. The highest BCUT2D eigenvalue weighted by molar-refractivity contribution is 14.0. The minimum atomic E-state index is -3.44. The van der Waals surface area contributed by atoms with Gasteiger partial charge < -0.3 is 20.1 Å². The number of nitrogens with one attached hydrogen (secondary N) is 2. The Hall–Kier alpha value is -2.05. The Morgan fingerprint density at radius 3 is 2.20 bits per heavy atom. The lowest BCUT2D eigenvalue weighted by Crippen LogP contribution is -2.30. The van der Waals surface area contributed by atoms with Crippen LogP contribution >= 0.6 is 24.0 Å². The van der Waals surface area contributed by atoms with Gasteiger partial charge in [-0.2, -0.15) is 0 Å². The molecule has 0 spiro atoms. The number of methoxy groups -OCH3 is 2. The molecule has 0 aliphatic carbocycles. The summed E-state index contributed by atoms with van der Waals surface area (Å²) >= 11 is 0. The second-order valence-electron chi connectivity index (χ2n) is 6.32. The van der Waals surface area contributed by atoms with Crippen LogP contribution in [0.15, 0.2) is 52.4 Å². The highest BCUT2D eigenvalue weighted by Gasteiger charge is 2.16. The molecular weight excluding hydrogens is 519 g/mol. The number of hydrogen-bond donors (Lipinski definition) is 2. The van der Waals surface area contributed by atoms with Gasteiger partial charge in [0.25, 0.3) is 0 Å². The first kappa shape index (κ1) is 26.0. The van der Waals surface area contributed by atoms with Crippen LogP contribution in [0, 0.1) is 0 Å². The van der Waals surface area contributed by atoms with E-state index >= 15 is 0 Å². The van der Waals surface area contributed by atoms with Gasteiger partial charge in [0.2, 0.25) is 10.0 Å². The zero-order valence-electron chi connectivity index (χ0n) is 17.8. The number of rotatable bonds is 8. The van der Waals surface area contributed by atoms with Gasteiger partial charge in [-0.3, -0.25) is 0 Å². The maximum atomic E-state index is 12.2. The molecule has 0 heterocycles. The van der Waals surface area contributed by atoms with Crippen LogP contribution in [0.5, 0.6) is 11.5 Å². The summed E-state index contributed by atoms with van der Waals surface area (Å²) in [5.74, 6) is 1.86. The van der Waals surface area contributed by atoms with E-state index in [0.29, 0.717) is 30.5 Å². The largest absolute Gasteiger partial charge is 0.493 e. The number of ether oxygens (including phenoxy) is 2. The maximum Gasteiger partial charge on any atom is 0.242 e. The Morgan fingerprint density at radius 1 is 1.03 bits per heavy atom. The smallest absolute Gasteiger partial charge is 0.242 e. The molecule has 0 aliphatic heterocycles. The van der Waals surface area contributed by atoms with Crippen LogP contribution in [0.2, 0.25) is 0 Å². The fourth-order valence-electron chi connectivity index (χ4n) is 2.51. The standard InChI is InChI=1S/C20H28N4O4S.HI/c1-6-21-20(23-16-9-12-18(27-4)19(13-16)28-5)22-14-15-7-10-17(11-8-15)29(25,26)24(2)3;/h7-13H,6,14H2,1-5H3,(H2,21,22,23);1H. The van der Waals surface area contributed by atoms with Crippen LogP contribution in [-0.4, -0.2) is 53.5 Å². The first-order valence-corrected chi connectivity index (χ1v) is 10.5. The van der Waals surface area contributed by atoms with E-state index in [-0.39, 0.29) is 28.9 Å². The van der Waals surface area contributed by atoms with Gasteiger partial charge >= 0.3 is 0 Å². The van der Waals surface area contributed by atoms with Crippen molar-refractivity contribution in [3.05, 3.63) is 48.0 Å². The molecule has 0 amide bonds. The minimum Gasteiger partial charge on any atom is -0.493 e. The molecule has 0 atom stereocenters. The van der Waals surface area contributed by atoms with Crippen molar-refractivity contribution in [2.75, 3.05) is 40.2 Å². The number of halogens is 1. The molecule has 2 rings (SSSR count). The minimum absolute atomic E-state index is 0. The molecular formula is C20H29IN4O4S. The summed E-state index contributed by atoms with van der Waals surface area (Å²) in [6.45, 7) is 3.07. The van der Waals surface area contributed by atoms with E-state index in [1.807, 2.05) is 25.1 Å². The lowest BCUT2D eigenvalue weighted by atomic mass is 10.2. The second kappa shape index (κ2) is 12.0. The van der Waals surface area contributed by atoms with E-state index in [1.165, 1.54) is 18.4 Å². The molecule has 0 radical (unpaired) electrons. The Labute approximate surface area is 195 Å². The van der Waals surface area contributed by atoms with E-state index in [0.717, 1.165) is 11.3 Å². The third-order valence-corrected chi connectivity index (χ3v) is 5.94. The van der Waals surface area contributed by atoms with Gasteiger partial charge in [-0.1, -0.05) is 12.1 Å². The molecule has 2 aromatic carbocycles. The highest BCUT2D eigenvalue weighted by Crippen LogP contribution is 2.29. The van der Waals surface area contributed by atoms with E-state index in [4.69, 9.17) is 9.47 Å². The van der Waals surface area contributed by atoms with Crippen LogP contribution in [-0.2, 0) is 16.6 Å². The van der Waals surface area contributed by atoms with Crippen LogP contribution in [0.25, 0.3) is 0 Å². The summed E-state index contributed by atoms with van der Waals surface area (Å²) in [7, 11) is 2.76. The normalized spacial score (nSPS) is 11.6. The zero-order valence-corrected chi connectivity index (χ0v) is 20.9. The van der Waals surface area contributed by atoms with Crippen molar-refractivity contribution in [2.45, 2.75) is 18.4 Å². The first-order valence-electron chi connectivity index (χ1n) is 9.10. The van der Waals surface area contributed by atoms with Crippen LogP contribution in [0.4, 0.5) is 5.69 Å². The SMILES string of the molecule is CCNC(=NCc1ccc(S(=O)(=O)N(C)C)cc1)Nc1ccc(OC)c(OC)c1.I. The molecule has 166 valence electrons. The first-order chi connectivity index (χ1) is 13.8. The van der Waals surface area contributed by atoms with Gasteiger partial charge in [-0.05, 0) is 36.8 Å². The quantitative estimate of drug-likeness (QED) is 0.299. The lowest BCUT2D eigenvalue weighted by Gasteiger charge is -2.14. The molecule has 0 unspecified atom stereocenters. The third-order valence-electron chi connectivity index (χ3n) is 4.11. The maximum absolute atomic E-state index is 12.2. The number of hydrogen-bond acceptors (Lipinski definition) is 5. The van der Waals surface area contributed by atoms with E-state index in [1.54, 1.807) is 38.5 Å². The van der Waals surface area contributed by atoms with E-state index in [9.17, 15) is 8.42 Å². The van der Waals surface area contributed by atoms with Gasteiger partial charge in [0.05, 0.1) is 25.7 Å². The van der Waals surface area contributed by atoms with Crippen molar-refractivity contribution in [3.63, 3.8) is 0 Å². The monoisotopic (exact) mass is 548 g/mol.